The molecule has 0 spiro atoms. The number of thiophene rings is 1. The lowest BCUT2D eigenvalue weighted by Gasteiger charge is -2.27. The van der Waals surface area contributed by atoms with Gasteiger partial charge in [-0.25, -0.2) is 4.79 Å². The van der Waals surface area contributed by atoms with Crippen molar-refractivity contribution in [3.05, 3.63) is 10.4 Å². The van der Waals surface area contributed by atoms with Crippen molar-refractivity contribution in [1.29, 1.82) is 0 Å². The van der Waals surface area contributed by atoms with Gasteiger partial charge in [-0.15, -0.1) is 11.3 Å². The number of hydrogen-bond donors (Lipinski definition) is 1. The van der Waals surface area contributed by atoms with Gasteiger partial charge in [0.15, 0.2) is 5.78 Å². The molecule has 0 unspecified atom stereocenters. The highest BCUT2D eigenvalue weighted by atomic mass is 32.2. The molecule has 114 valence electrons. The van der Waals surface area contributed by atoms with Crippen LogP contribution in [-0.4, -0.2) is 43.5 Å². The zero-order chi connectivity index (χ0) is 15.0. The molecule has 1 saturated carbocycles. The molecule has 0 atom stereocenters. The summed E-state index contributed by atoms with van der Waals surface area (Å²) in [7, 11) is 1.34. The summed E-state index contributed by atoms with van der Waals surface area (Å²) in [5.74, 6) is 1.77. The summed E-state index contributed by atoms with van der Waals surface area (Å²) in [5.41, 5.74) is 6.79. The number of rotatable bonds is 4. The van der Waals surface area contributed by atoms with E-state index in [0.717, 1.165) is 42.4 Å². The summed E-state index contributed by atoms with van der Waals surface area (Å²) < 4.78 is 4.86. The van der Waals surface area contributed by atoms with Crippen molar-refractivity contribution in [2.75, 3.05) is 42.3 Å². The molecule has 0 bridgehead atoms. The number of nitrogens with two attached hydrogens (primary N) is 1. The number of Topliss-reactive ketones (excluding diaryl/α,β-unsaturated/α-hetero) is 1. The third kappa shape index (κ3) is 2.76. The van der Waals surface area contributed by atoms with Gasteiger partial charge in [-0.1, -0.05) is 0 Å². The molecule has 0 radical (unpaired) electrons. The van der Waals surface area contributed by atoms with Gasteiger partial charge in [-0.05, 0) is 12.8 Å². The van der Waals surface area contributed by atoms with Gasteiger partial charge in [0.1, 0.15) is 10.6 Å². The van der Waals surface area contributed by atoms with Crippen LogP contribution in [0.1, 0.15) is 32.9 Å². The molecule has 2 fully saturated rings. The first-order valence-corrected chi connectivity index (χ1v) is 8.98. The Morgan fingerprint density at radius 1 is 1.29 bits per heavy atom. The largest absolute Gasteiger partial charge is 0.465 e. The van der Waals surface area contributed by atoms with Crippen LogP contribution in [0.15, 0.2) is 0 Å². The quantitative estimate of drug-likeness (QED) is 0.676. The molecule has 1 aromatic heterocycles. The first-order valence-electron chi connectivity index (χ1n) is 7.01. The molecule has 1 aromatic rings. The number of ether oxygens (including phenoxy) is 1. The molecule has 21 heavy (non-hydrogen) atoms. The van der Waals surface area contributed by atoms with Crippen LogP contribution < -0.4 is 10.6 Å². The SMILES string of the molecule is COC(=O)c1c(N2CCSCC2)sc(C(=O)C2CC2)c1N. The maximum Gasteiger partial charge on any atom is 0.343 e. The van der Waals surface area contributed by atoms with Crippen LogP contribution in [0.3, 0.4) is 0 Å². The highest BCUT2D eigenvalue weighted by Crippen LogP contribution is 2.43. The fourth-order valence-corrected chi connectivity index (χ4v) is 4.62. The number of carbonyl (C=O) groups excluding carboxylic acids is 2. The van der Waals surface area contributed by atoms with E-state index >= 15 is 0 Å². The van der Waals surface area contributed by atoms with Gasteiger partial charge in [-0.2, -0.15) is 11.8 Å². The Morgan fingerprint density at radius 3 is 2.52 bits per heavy atom. The number of nitrogens with zero attached hydrogens (tertiary/aromatic N) is 1. The summed E-state index contributed by atoms with van der Waals surface area (Å²) in [6.07, 6.45) is 1.86. The van der Waals surface area contributed by atoms with E-state index in [1.54, 1.807) is 0 Å². The fraction of sp³-hybridized carbons (Fsp3) is 0.571. The van der Waals surface area contributed by atoms with Crippen molar-refractivity contribution in [3.63, 3.8) is 0 Å². The van der Waals surface area contributed by atoms with Gasteiger partial charge >= 0.3 is 5.97 Å². The molecule has 1 saturated heterocycles. The van der Waals surface area contributed by atoms with Crippen LogP contribution in [0.5, 0.6) is 0 Å². The van der Waals surface area contributed by atoms with Crippen LogP contribution in [0.4, 0.5) is 10.7 Å². The van der Waals surface area contributed by atoms with E-state index in [0.29, 0.717) is 16.1 Å². The van der Waals surface area contributed by atoms with Gasteiger partial charge < -0.3 is 15.4 Å². The summed E-state index contributed by atoms with van der Waals surface area (Å²) in [5, 5.41) is 0.795. The first kappa shape index (κ1) is 14.7. The average molecular weight is 326 g/mol. The molecule has 0 amide bonds. The van der Waals surface area contributed by atoms with Gasteiger partial charge in [-0.3, -0.25) is 4.79 Å². The van der Waals surface area contributed by atoms with Crippen LogP contribution in [0, 0.1) is 5.92 Å². The normalized spacial score (nSPS) is 18.6. The zero-order valence-corrected chi connectivity index (χ0v) is 13.5. The van der Waals surface area contributed by atoms with Crippen molar-refractivity contribution < 1.29 is 14.3 Å². The third-order valence-corrected chi connectivity index (χ3v) is 6.01. The molecule has 2 heterocycles. The van der Waals surface area contributed by atoms with E-state index in [1.165, 1.54) is 18.4 Å². The second-order valence-electron chi connectivity index (χ2n) is 5.25. The Hall–Kier alpha value is -1.21. The van der Waals surface area contributed by atoms with Crippen molar-refractivity contribution >= 4 is 45.5 Å². The van der Waals surface area contributed by atoms with E-state index in [2.05, 4.69) is 4.90 Å². The highest BCUT2D eigenvalue weighted by molar-refractivity contribution is 7.99. The number of carbonyl (C=O) groups is 2. The molecule has 7 heteroatoms. The Bertz CT molecular complexity index is 575. The van der Waals surface area contributed by atoms with Crippen LogP contribution in [-0.2, 0) is 4.74 Å². The summed E-state index contributed by atoms with van der Waals surface area (Å²) in [6.45, 7) is 1.73. The molecule has 2 aliphatic rings. The number of thioether (sulfide) groups is 1. The topological polar surface area (TPSA) is 72.6 Å². The summed E-state index contributed by atoms with van der Waals surface area (Å²) in [4.78, 5) is 27.1. The van der Waals surface area contributed by atoms with E-state index in [1.807, 2.05) is 11.8 Å². The van der Waals surface area contributed by atoms with E-state index < -0.39 is 5.97 Å². The second kappa shape index (κ2) is 5.88. The Balaban J connectivity index is 2.01. The molecule has 0 aromatic carbocycles. The summed E-state index contributed by atoms with van der Waals surface area (Å²) in [6, 6.07) is 0. The predicted molar refractivity (Wildman–Crippen MR) is 86.7 cm³/mol. The Kier molecular flexibility index (Phi) is 4.12. The van der Waals surface area contributed by atoms with Crippen LogP contribution in [0.25, 0.3) is 0 Å². The Morgan fingerprint density at radius 2 is 1.95 bits per heavy atom. The number of esters is 1. The van der Waals surface area contributed by atoms with E-state index in [4.69, 9.17) is 10.5 Å². The lowest BCUT2D eigenvalue weighted by molar-refractivity contribution is 0.0603. The van der Waals surface area contributed by atoms with E-state index in [9.17, 15) is 9.59 Å². The lowest BCUT2D eigenvalue weighted by Crippen LogP contribution is -2.32. The molecule has 3 rings (SSSR count). The molecule has 2 N–H and O–H groups in total. The number of anilines is 2. The molecular formula is C14H18N2O3S2. The maximum atomic E-state index is 12.3. The highest BCUT2D eigenvalue weighted by Gasteiger charge is 2.36. The Labute approximate surface area is 131 Å². The monoisotopic (exact) mass is 326 g/mol. The molecule has 1 aliphatic heterocycles. The first-order chi connectivity index (χ1) is 10.1. The van der Waals surface area contributed by atoms with Crippen LogP contribution >= 0.6 is 23.1 Å². The smallest absolute Gasteiger partial charge is 0.343 e. The third-order valence-electron chi connectivity index (χ3n) is 3.79. The van der Waals surface area contributed by atoms with E-state index in [-0.39, 0.29) is 11.7 Å². The van der Waals surface area contributed by atoms with Gasteiger partial charge in [0.05, 0.1) is 17.7 Å². The zero-order valence-electron chi connectivity index (χ0n) is 11.9. The molecule has 5 nitrogen and oxygen atoms in total. The number of nitrogen functional groups attached to an aromatic ring is 1. The average Bonchev–Trinajstić information content (AvgIpc) is 3.30. The van der Waals surface area contributed by atoms with Crippen molar-refractivity contribution in [2.45, 2.75) is 12.8 Å². The van der Waals surface area contributed by atoms with Gasteiger partial charge in [0, 0.05) is 30.5 Å². The predicted octanol–water partition coefficient (Wildman–Crippen LogP) is 2.26. The molecular weight excluding hydrogens is 308 g/mol. The van der Waals surface area contributed by atoms with Crippen molar-refractivity contribution in [2.24, 2.45) is 5.92 Å². The number of hydrogen-bond acceptors (Lipinski definition) is 7. The molecule has 1 aliphatic carbocycles. The van der Waals surface area contributed by atoms with Crippen molar-refractivity contribution in [1.82, 2.24) is 0 Å². The lowest BCUT2D eigenvalue weighted by atomic mass is 10.1. The summed E-state index contributed by atoms with van der Waals surface area (Å²) >= 11 is 3.25. The van der Waals surface area contributed by atoms with Crippen molar-refractivity contribution in [3.8, 4) is 0 Å². The van der Waals surface area contributed by atoms with Gasteiger partial charge in [0.2, 0.25) is 0 Å². The van der Waals surface area contributed by atoms with Crippen LogP contribution in [0.2, 0.25) is 0 Å². The minimum Gasteiger partial charge on any atom is -0.465 e. The standard InChI is InChI=1S/C14H18N2O3S2/c1-19-14(18)9-10(15)12(11(17)8-2-3-8)21-13(9)16-4-6-20-7-5-16/h8H,2-7,15H2,1H3. The number of methoxy groups -OCH3 is 1. The maximum absolute atomic E-state index is 12.3. The minimum atomic E-state index is -0.452. The van der Waals surface area contributed by atoms with Gasteiger partial charge in [0.25, 0.3) is 0 Å². The fourth-order valence-electron chi connectivity index (χ4n) is 2.43. The minimum absolute atomic E-state index is 0.0836. The second-order valence-corrected chi connectivity index (χ2v) is 7.48. The number of ketones is 1.